The van der Waals surface area contributed by atoms with Crippen molar-refractivity contribution in [2.45, 2.75) is 271 Å². The smallest absolute Gasteiger partial charge is 0.324 e. The van der Waals surface area contributed by atoms with Crippen LogP contribution in [0.5, 0.6) is 24.0 Å². The van der Waals surface area contributed by atoms with E-state index in [2.05, 4.69) is 103 Å². The van der Waals surface area contributed by atoms with Gasteiger partial charge in [-0.25, -0.2) is 0 Å². The van der Waals surface area contributed by atoms with Crippen molar-refractivity contribution in [2.75, 3.05) is 49.3 Å². The summed E-state index contributed by atoms with van der Waals surface area (Å²) in [6, 6.07) is 1.33. The average Bonchev–Trinajstić information content (AvgIpc) is 3.30. The van der Waals surface area contributed by atoms with Gasteiger partial charge in [-0.1, -0.05) is 118 Å². The van der Waals surface area contributed by atoms with Gasteiger partial charge in [0, 0.05) is 47.3 Å². The molecular formula is C54H100N10O6. The van der Waals surface area contributed by atoms with Crippen molar-refractivity contribution in [3.05, 3.63) is 0 Å². The van der Waals surface area contributed by atoms with Gasteiger partial charge in [-0.3, -0.25) is 0 Å². The Bertz CT molecular complexity index is 1540. The summed E-state index contributed by atoms with van der Waals surface area (Å²) >= 11 is 0. The standard InChI is InChI=1S/C54H100N10O6/c1-13-17-21-29-35-67-47-55-45(56-48(59-47)68-36-30-22-18-14-2)61(43-39-51(5,6)63(65)52(7,8)40-43)33-27-25-26-28-34-62(44-41-53(9,10)64(66)54(11,12)42-44)46-57-49(69-37-31-23-19-15-3)60-50(58-46)70-38-32-24-20-16-4/h43-44,65-66H,13-42H2,1-12H3. The highest BCUT2D eigenvalue weighted by Crippen LogP contribution is 2.42. The lowest BCUT2D eigenvalue weighted by atomic mass is 9.78. The zero-order valence-corrected chi connectivity index (χ0v) is 46.4. The Labute approximate surface area is 424 Å². The summed E-state index contributed by atoms with van der Waals surface area (Å²) in [5.41, 5.74) is -1.88. The zero-order chi connectivity index (χ0) is 51.2. The highest BCUT2D eigenvalue weighted by atomic mass is 16.5. The first-order valence-electron chi connectivity index (χ1n) is 27.9. The summed E-state index contributed by atoms with van der Waals surface area (Å²) in [6.07, 6.45) is 24.1. The molecule has 0 saturated carbocycles. The highest BCUT2D eigenvalue weighted by Gasteiger charge is 2.48. The predicted octanol–water partition coefficient (Wildman–Crippen LogP) is 12.6. The SMILES string of the molecule is CCCCCCOc1nc(OCCCCCC)nc(N(CCCCCCN(c2nc(OCCCCCC)nc(OCCCCCC)n2)C2CC(C)(C)N(O)C(C)(C)C2)C2CC(C)(C)N(O)C(C)(C)C2)n1. The minimum Gasteiger partial charge on any atom is -0.463 e. The molecule has 0 atom stereocenters. The van der Waals surface area contributed by atoms with Gasteiger partial charge in [0.1, 0.15) is 0 Å². The van der Waals surface area contributed by atoms with Crippen LogP contribution in [-0.4, -0.2) is 124 Å². The summed E-state index contributed by atoms with van der Waals surface area (Å²) in [7, 11) is 0. The van der Waals surface area contributed by atoms with E-state index in [0.29, 0.717) is 62.4 Å². The molecule has 0 radical (unpaired) electrons. The van der Waals surface area contributed by atoms with Crippen molar-refractivity contribution in [3.8, 4) is 24.0 Å². The third-order valence-electron chi connectivity index (χ3n) is 14.3. The van der Waals surface area contributed by atoms with Gasteiger partial charge in [0.05, 0.1) is 26.4 Å². The van der Waals surface area contributed by atoms with Gasteiger partial charge >= 0.3 is 24.0 Å². The molecular weight excluding hydrogens is 885 g/mol. The molecule has 0 bridgehead atoms. The summed E-state index contributed by atoms with van der Waals surface area (Å²) in [6.45, 7) is 29.3. The molecule has 4 rings (SSSR count). The highest BCUT2D eigenvalue weighted by molar-refractivity contribution is 5.36. The number of piperidine rings is 2. The van der Waals surface area contributed by atoms with Gasteiger partial charge in [0.2, 0.25) is 11.9 Å². The average molecular weight is 985 g/mol. The van der Waals surface area contributed by atoms with E-state index in [0.717, 1.165) is 142 Å². The molecule has 0 aromatic carbocycles. The van der Waals surface area contributed by atoms with Gasteiger partial charge < -0.3 is 39.2 Å². The Morgan fingerprint density at radius 1 is 0.386 bits per heavy atom. The van der Waals surface area contributed by atoms with Crippen LogP contribution in [0.4, 0.5) is 11.9 Å². The third kappa shape index (κ3) is 18.9. The van der Waals surface area contributed by atoms with Gasteiger partial charge in [-0.2, -0.15) is 30.1 Å². The summed E-state index contributed by atoms with van der Waals surface area (Å²) in [5.74, 6) is 1.14. The van der Waals surface area contributed by atoms with E-state index in [1.165, 1.54) is 35.8 Å². The van der Waals surface area contributed by atoms with Crippen LogP contribution in [0.1, 0.15) is 237 Å². The van der Waals surface area contributed by atoms with Crippen molar-refractivity contribution in [3.63, 3.8) is 0 Å². The first kappa shape index (κ1) is 59.2. The molecule has 2 N–H and O–H groups in total. The van der Waals surface area contributed by atoms with E-state index in [1.54, 1.807) is 0 Å². The van der Waals surface area contributed by atoms with Crippen LogP contribution in [-0.2, 0) is 0 Å². The molecule has 2 saturated heterocycles. The second-order valence-corrected chi connectivity index (χ2v) is 22.8. The van der Waals surface area contributed by atoms with Crippen molar-refractivity contribution in [2.24, 2.45) is 0 Å². The third-order valence-corrected chi connectivity index (χ3v) is 14.3. The van der Waals surface area contributed by atoms with Crippen molar-refractivity contribution >= 4 is 11.9 Å². The predicted molar refractivity (Wildman–Crippen MR) is 281 cm³/mol. The van der Waals surface area contributed by atoms with Crippen LogP contribution in [0.3, 0.4) is 0 Å². The minimum absolute atomic E-state index is 0.0557. The molecule has 70 heavy (non-hydrogen) atoms. The second kappa shape index (κ2) is 29.4. The fraction of sp³-hybridized carbons (Fsp3) is 0.889. The summed E-state index contributed by atoms with van der Waals surface area (Å²) < 4.78 is 24.9. The maximum atomic E-state index is 11.4. The Kier molecular flexibility index (Phi) is 24.9. The second-order valence-electron chi connectivity index (χ2n) is 22.8. The molecule has 16 nitrogen and oxygen atoms in total. The van der Waals surface area contributed by atoms with E-state index in [-0.39, 0.29) is 12.1 Å². The number of anilines is 2. The molecule has 0 amide bonds. The molecule has 2 fully saturated rings. The maximum absolute atomic E-state index is 11.4. The lowest BCUT2D eigenvalue weighted by molar-refractivity contribution is -0.244. The number of hydrogen-bond acceptors (Lipinski definition) is 16. The van der Waals surface area contributed by atoms with Crippen LogP contribution >= 0.6 is 0 Å². The molecule has 4 heterocycles. The van der Waals surface area contributed by atoms with Crippen molar-refractivity contribution in [1.29, 1.82) is 0 Å². The molecule has 2 aliphatic heterocycles. The van der Waals surface area contributed by atoms with E-state index in [4.69, 9.17) is 38.9 Å². The molecule has 2 aromatic heterocycles. The first-order valence-corrected chi connectivity index (χ1v) is 27.9. The number of hydroxylamine groups is 4. The van der Waals surface area contributed by atoms with E-state index < -0.39 is 22.2 Å². The fourth-order valence-electron chi connectivity index (χ4n) is 10.6. The monoisotopic (exact) mass is 985 g/mol. The summed E-state index contributed by atoms with van der Waals surface area (Å²) in [4.78, 5) is 33.9. The largest absolute Gasteiger partial charge is 0.463 e. The van der Waals surface area contributed by atoms with Gasteiger partial charge in [-0.15, -0.1) is 9.97 Å². The molecule has 0 aliphatic carbocycles. The Balaban J connectivity index is 1.59. The zero-order valence-electron chi connectivity index (χ0n) is 46.4. The number of aromatic nitrogens is 6. The number of nitrogens with zero attached hydrogens (tertiary/aromatic N) is 10. The van der Waals surface area contributed by atoms with Gasteiger partial charge in [-0.05, 0) is 120 Å². The molecule has 2 aromatic rings. The fourth-order valence-corrected chi connectivity index (χ4v) is 10.6. The normalized spacial score (nSPS) is 18.2. The molecule has 0 unspecified atom stereocenters. The van der Waals surface area contributed by atoms with Crippen LogP contribution in [0.25, 0.3) is 0 Å². The quantitative estimate of drug-likeness (QED) is 0.0625. The number of rotatable bonds is 35. The van der Waals surface area contributed by atoms with Crippen LogP contribution in [0.15, 0.2) is 0 Å². The van der Waals surface area contributed by atoms with Gasteiger partial charge in [0.25, 0.3) is 0 Å². The van der Waals surface area contributed by atoms with Crippen molar-refractivity contribution in [1.82, 2.24) is 40.0 Å². The Morgan fingerprint density at radius 2 is 0.629 bits per heavy atom. The van der Waals surface area contributed by atoms with Crippen LogP contribution < -0.4 is 28.7 Å². The van der Waals surface area contributed by atoms with Gasteiger partial charge in [0.15, 0.2) is 0 Å². The van der Waals surface area contributed by atoms with E-state index in [1.807, 2.05) is 0 Å². The lowest BCUT2D eigenvalue weighted by Gasteiger charge is -2.53. The number of unbranched alkanes of at least 4 members (excludes halogenated alkanes) is 15. The van der Waals surface area contributed by atoms with E-state index in [9.17, 15) is 10.4 Å². The summed E-state index contributed by atoms with van der Waals surface area (Å²) in [5, 5.41) is 25.8. The molecule has 0 spiro atoms. The molecule has 402 valence electrons. The molecule has 2 aliphatic rings. The topological polar surface area (TPSA) is 168 Å². The maximum Gasteiger partial charge on any atom is 0.324 e. The minimum atomic E-state index is -0.470. The first-order chi connectivity index (χ1) is 33.4. The van der Waals surface area contributed by atoms with E-state index >= 15 is 0 Å². The number of ether oxygens (including phenoxy) is 4. The van der Waals surface area contributed by atoms with Crippen LogP contribution in [0, 0.1) is 0 Å². The number of hydrogen-bond donors (Lipinski definition) is 2. The van der Waals surface area contributed by atoms with Crippen LogP contribution in [0.2, 0.25) is 0 Å². The Morgan fingerprint density at radius 3 is 0.871 bits per heavy atom. The molecule has 16 heteroatoms. The Hall–Kier alpha value is -3.34. The lowest BCUT2D eigenvalue weighted by Crippen LogP contribution is -2.63. The van der Waals surface area contributed by atoms with Crippen molar-refractivity contribution < 1.29 is 29.4 Å².